The Labute approximate surface area is 88.2 Å². The molecule has 1 amide bonds. The summed E-state index contributed by atoms with van der Waals surface area (Å²) in [6, 6.07) is 7.52. The summed E-state index contributed by atoms with van der Waals surface area (Å²) in [4.78, 5) is 11.0. The summed E-state index contributed by atoms with van der Waals surface area (Å²) in [6.07, 6.45) is -0.563. The highest BCUT2D eigenvalue weighted by Gasteiger charge is 2.31. The maximum Gasteiger partial charge on any atom is 0.408 e. The first-order valence-corrected chi connectivity index (χ1v) is 4.82. The molecule has 1 heterocycles. The van der Waals surface area contributed by atoms with E-state index in [1.807, 2.05) is 31.2 Å². The van der Waals surface area contributed by atoms with Crippen LogP contribution < -0.4 is 10.1 Å². The number of methoxy groups -OCH3 is 1. The van der Waals surface area contributed by atoms with Crippen LogP contribution in [0.5, 0.6) is 5.75 Å². The SMILES string of the molecule is COc1ccc([C@H]2OC(=O)N[C@@H]2C)cc1. The second kappa shape index (κ2) is 3.81. The number of alkyl carbamates (subject to hydrolysis) is 1. The van der Waals surface area contributed by atoms with Gasteiger partial charge in [-0.25, -0.2) is 4.79 Å². The van der Waals surface area contributed by atoms with E-state index in [1.165, 1.54) is 0 Å². The first kappa shape index (κ1) is 9.83. The van der Waals surface area contributed by atoms with Gasteiger partial charge in [0.15, 0.2) is 0 Å². The third-order valence-electron chi connectivity index (χ3n) is 2.48. The van der Waals surface area contributed by atoms with Gasteiger partial charge in [-0.1, -0.05) is 12.1 Å². The highest BCUT2D eigenvalue weighted by molar-refractivity contribution is 5.70. The molecular formula is C11H13NO3. The van der Waals surface area contributed by atoms with Crippen molar-refractivity contribution in [3.63, 3.8) is 0 Å². The fraction of sp³-hybridized carbons (Fsp3) is 0.364. The maximum atomic E-state index is 11.0. The minimum Gasteiger partial charge on any atom is -0.497 e. The van der Waals surface area contributed by atoms with Crippen molar-refractivity contribution in [3.8, 4) is 5.75 Å². The van der Waals surface area contributed by atoms with E-state index >= 15 is 0 Å². The molecule has 0 saturated carbocycles. The molecule has 4 heteroatoms. The van der Waals surface area contributed by atoms with Gasteiger partial charge < -0.3 is 14.8 Å². The second-order valence-corrected chi connectivity index (χ2v) is 3.53. The molecule has 1 aromatic carbocycles. The quantitative estimate of drug-likeness (QED) is 0.805. The van der Waals surface area contributed by atoms with Crippen molar-refractivity contribution < 1.29 is 14.3 Å². The summed E-state index contributed by atoms with van der Waals surface area (Å²) < 4.78 is 10.2. The van der Waals surface area contributed by atoms with E-state index in [0.717, 1.165) is 11.3 Å². The van der Waals surface area contributed by atoms with Crippen LogP contribution in [0.4, 0.5) is 4.79 Å². The van der Waals surface area contributed by atoms with Crippen molar-refractivity contribution in [2.45, 2.75) is 19.1 Å². The molecule has 1 N–H and O–H groups in total. The molecule has 15 heavy (non-hydrogen) atoms. The van der Waals surface area contributed by atoms with Crippen molar-refractivity contribution in [2.75, 3.05) is 7.11 Å². The minimum absolute atomic E-state index is 0.00546. The Bertz CT molecular complexity index is 361. The van der Waals surface area contributed by atoms with Gasteiger partial charge in [-0.05, 0) is 24.6 Å². The minimum atomic E-state index is -0.358. The first-order valence-electron chi connectivity index (χ1n) is 4.82. The largest absolute Gasteiger partial charge is 0.497 e. The van der Waals surface area contributed by atoms with Gasteiger partial charge in [0.05, 0.1) is 13.2 Å². The monoisotopic (exact) mass is 207 g/mol. The Kier molecular flexibility index (Phi) is 2.49. The average Bonchev–Trinajstić information content (AvgIpc) is 2.58. The third kappa shape index (κ3) is 1.88. The molecule has 4 nitrogen and oxygen atoms in total. The van der Waals surface area contributed by atoms with Gasteiger partial charge in [0.25, 0.3) is 0 Å². The van der Waals surface area contributed by atoms with Crippen molar-refractivity contribution in [3.05, 3.63) is 29.8 Å². The molecular weight excluding hydrogens is 194 g/mol. The fourth-order valence-electron chi connectivity index (χ4n) is 1.66. The highest BCUT2D eigenvalue weighted by Crippen LogP contribution is 2.27. The number of hydrogen-bond donors (Lipinski definition) is 1. The molecule has 1 aromatic rings. The molecule has 0 aliphatic carbocycles. The van der Waals surface area contributed by atoms with Gasteiger partial charge in [-0.3, -0.25) is 0 Å². The van der Waals surface area contributed by atoms with Crippen molar-refractivity contribution in [1.29, 1.82) is 0 Å². The summed E-state index contributed by atoms with van der Waals surface area (Å²) in [5, 5.41) is 2.70. The molecule has 0 aromatic heterocycles. The molecule has 1 saturated heterocycles. The Hall–Kier alpha value is -1.71. The van der Waals surface area contributed by atoms with E-state index in [0.29, 0.717) is 0 Å². The predicted octanol–water partition coefficient (Wildman–Crippen LogP) is 1.86. The number of carbonyl (C=O) groups is 1. The van der Waals surface area contributed by atoms with Crippen LogP contribution in [0.1, 0.15) is 18.6 Å². The Morgan fingerprint density at radius 2 is 2.00 bits per heavy atom. The zero-order valence-corrected chi connectivity index (χ0v) is 8.69. The van der Waals surface area contributed by atoms with Crippen LogP contribution in [0.15, 0.2) is 24.3 Å². The van der Waals surface area contributed by atoms with Gasteiger partial charge in [-0.2, -0.15) is 0 Å². The lowest BCUT2D eigenvalue weighted by Crippen LogP contribution is -2.23. The van der Waals surface area contributed by atoms with E-state index in [9.17, 15) is 4.79 Å². The van der Waals surface area contributed by atoms with Crippen LogP contribution in [0, 0.1) is 0 Å². The molecule has 1 aliphatic heterocycles. The lowest BCUT2D eigenvalue weighted by molar-refractivity contribution is 0.134. The molecule has 80 valence electrons. The lowest BCUT2D eigenvalue weighted by atomic mass is 10.0. The maximum absolute atomic E-state index is 11.0. The third-order valence-corrected chi connectivity index (χ3v) is 2.48. The number of cyclic esters (lactones) is 1. The van der Waals surface area contributed by atoms with Crippen molar-refractivity contribution in [2.24, 2.45) is 0 Å². The van der Waals surface area contributed by atoms with E-state index in [4.69, 9.17) is 9.47 Å². The summed E-state index contributed by atoms with van der Waals surface area (Å²) in [5.74, 6) is 0.795. The molecule has 0 bridgehead atoms. The number of benzene rings is 1. The second-order valence-electron chi connectivity index (χ2n) is 3.53. The molecule has 2 rings (SSSR count). The number of amides is 1. The Morgan fingerprint density at radius 1 is 1.33 bits per heavy atom. The van der Waals surface area contributed by atoms with Gasteiger partial charge in [0.2, 0.25) is 0 Å². The van der Waals surface area contributed by atoms with E-state index < -0.39 is 0 Å². The number of rotatable bonds is 2. The standard InChI is InChI=1S/C11H13NO3/c1-7-10(15-11(13)12-7)8-3-5-9(14-2)6-4-8/h3-7,10H,1-2H3,(H,12,13)/t7-,10+/m1/s1. The van der Waals surface area contributed by atoms with Crippen LogP contribution in [0.25, 0.3) is 0 Å². The number of hydrogen-bond acceptors (Lipinski definition) is 3. The van der Waals surface area contributed by atoms with Crippen LogP contribution in [-0.4, -0.2) is 19.2 Å². The number of ether oxygens (including phenoxy) is 2. The average molecular weight is 207 g/mol. The molecule has 0 spiro atoms. The van der Waals surface area contributed by atoms with Crippen molar-refractivity contribution in [1.82, 2.24) is 5.32 Å². The van der Waals surface area contributed by atoms with Crippen LogP contribution in [-0.2, 0) is 4.74 Å². The van der Waals surface area contributed by atoms with Crippen LogP contribution >= 0.6 is 0 Å². The fourth-order valence-corrected chi connectivity index (χ4v) is 1.66. The topological polar surface area (TPSA) is 47.6 Å². The highest BCUT2D eigenvalue weighted by atomic mass is 16.6. The van der Waals surface area contributed by atoms with Gasteiger partial charge in [0, 0.05) is 0 Å². The van der Waals surface area contributed by atoms with Gasteiger partial charge >= 0.3 is 6.09 Å². The summed E-state index contributed by atoms with van der Waals surface area (Å²) in [7, 11) is 1.62. The molecule has 1 aliphatic rings. The van der Waals surface area contributed by atoms with Gasteiger partial charge in [0.1, 0.15) is 11.9 Å². The molecule has 2 atom stereocenters. The number of carbonyl (C=O) groups excluding carboxylic acids is 1. The van der Waals surface area contributed by atoms with E-state index in [-0.39, 0.29) is 18.2 Å². The van der Waals surface area contributed by atoms with Gasteiger partial charge in [-0.15, -0.1) is 0 Å². The Morgan fingerprint density at radius 3 is 2.47 bits per heavy atom. The Balaban J connectivity index is 2.19. The van der Waals surface area contributed by atoms with Crippen LogP contribution in [0.3, 0.4) is 0 Å². The van der Waals surface area contributed by atoms with Crippen LogP contribution in [0.2, 0.25) is 0 Å². The van der Waals surface area contributed by atoms with Crippen molar-refractivity contribution >= 4 is 6.09 Å². The zero-order valence-electron chi connectivity index (χ0n) is 8.69. The van der Waals surface area contributed by atoms with E-state index in [1.54, 1.807) is 7.11 Å². The summed E-state index contributed by atoms with van der Waals surface area (Å²) in [6.45, 7) is 1.92. The first-order chi connectivity index (χ1) is 7.20. The smallest absolute Gasteiger partial charge is 0.408 e. The molecule has 0 radical (unpaired) electrons. The summed E-state index contributed by atoms with van der Waals surface area (Å²) in [5.41, 5.74) is 0.974. The lowest BCUT2D eigenvalue weighted by Gasteiger charge is -2.13. The van der Waals surface area contributed by atoms with E-state index in [2.05, 4.69) is 5.32 Å². The normalized spacial score (nSPS) is 24.5. The molecule has 1 fully saturated rings. The summed E-state index contributed by atoms with van der Waals surface area (Å²) >= 11 is 0. The number of nitrogens with one attached hydrogen (secondary N) is 1. The predicted molar refractivity (Wildman–Crippen MR) is 54.8 cm³/mol. The zero-order chi connectivity index (χ0) is 10.8. The molecule has 0 unspecified atom stereocenters.